The summed E-state index contributed by atoms with van der Waals surface area (Å²) in [5, 5.41) is 17.6. The molecule has 0 aromatic heterocycles. The Labute approximate surface area is 164 Å². The number of nitrogens with zero attached hydrogens (tertiary/aromatic N) is 1. The van der Waals surface area contributed by atoms with Crippen LogP contribution < -0.4 is 16.0 Å². The summed E-state index contributed by atoms with van der Waals surface area (Å²) >= 11 is 0. The lowest BCUT2D eigenvalue weighted by Crippen LogP contribution is -2.54. The zero-order chi connectivity index (χ0) is 19.9. The minimum atomic E-state index is -0.782. The van der Waals surface area contributed by atoms with Crippen LogP contribution in [-0.4, -0.2) is 66.1 Å². The lowest BCUT2D eigenvalue weighted by Gasteiger charge is -2.31. The SMILES string of the molecule is O=C1CCC(Nc2ccc(CCCCN3CCN[C@@H](C(=O)O)C3)cc2)C(=O)N1. The molecule has 2 amide bonds. The van der Waals surface area contributed by atoms with Crippen LogP contribution in [0.2, 0.25) is 0 Å². The van der Waals surface area contributed by atoms with Crippen LogP contribution >= 0.6 is 0 Å². The molecule has 4 N–H and O–H groups in total. The average Bonchev–Trinajstić information content (AvgIpc) is 2.69. The number of unbranched alkanes of at least 4 members (excludes halogenated alkanes) is 1. The molecular formula is C20H28N4O4. The summed E-state index contributed by atoms with van der Waals surface area (Å²) in [6.07, 6.45) is 3.92. The summed E-state index contributed by atoms with van der Waals surface area (Å²) in [5.41, 5.74) is 2.11. The lowest BCUT2D eigenvalue weighted by atomic mass is 10.0. The van der Waals surface area contributed by atoms with E-state index in [4.69, 9.17) is 5.11 Å². The number of carboxylic acid groups (broad SMARTS) is 1. The molecule has 28 heavy (non-hydrogen) atoms. The van der Waals surface area contributed by atoms with Crippen molar-refractivity contribution < 1.29 is 19.5 Å². The number of rotatable bonds is 8. The van der Waals surface area contributed by atoms with Crippen LogP contribution in [0.3, 0.4) is 0 Å². The summed E-state index contributed by atoms with van der Waals surface area (Å²) in [4.78, 5) is 36.3. The van der Waals surface area contributed by atoms with Gasteiger partial charge in [0.2, 0.25) is 11.8 Å². The Hall–Kier alpha value is -2.45. The van der Waals surface area contributed by atoms with Gasteiger partial charge in [0.15, 0.2) is 0 Å². The van der Waals surface area contributed by atoms with E-state index in [-0.39, 0.29) is 17.9 Å². The van der Waals surface area contributed by atoms with Gasteiger partial charge >= 0.3 is 5.97 Å². The fraction of sp³-hybridized carbons (Fsp3) is 0.550. The number of benzene rings is 1. The Bertz CT molecular complexity index is 707. The first kappa shape index (κ1) is 20.3. The molecule has 2 atom stereocenters. The normalized spacial score (nSPS) is 23.3. The van der Waals surface area contributed by atoms with Gasteiger partial charge in [0.05, 0.1) is 0 Å². The van der Waals surface area contributed by atoms with Crippen molar-refractivity contribution in [1.29, 1.82) is 0 Å². The maximum absolute atomic E-state index is 11.8. The van der Waals surface area contributed by atoms with E-state index in [0.29, 0.717) is 19.4 Å². The van der Waals surface area contributed by atoms with Crippen molar-refractivity contribution in [3.8, 4) is 0 Å². The van der Waals surface area contributed by atoms with Gasteiger partial charge in [-0.25, -0.2) is 0 Å². The number of piperidine rings is 1. The van der Waals surface area contributed by atoms with E-state index in [1.54, 1.807) is 0 Å². The van der Waals surface area contributed by atoms with E-state index in [1.165, 1.54) is 5.56 Å². The highest BCUT2D eigenvalue weighted by molar-refractivity contribution is 6.01. The topological polar surface area (TPSA) is 111 Å². The number of carbonyl (C=O) groups is 3. The molecule has 0 spiro atoms. The maximum Gasteiger partial charge on any atom is 0.322 e. The van der Waals surface area contributed by atoms with E-state index in [1.807, 2.05) is 12.1 Å². The van der Waals surface area contributed by atoms with Gasteiger partial charge in [-0.3, -0.25) is 24.6 Å². The van der Waals surface area contributed by atoms with E-state index in [2.05, 4.69) is 33.0 Å². The molecule has 2 fully saturated rings. The molecule has 2 aliphatic rings. The zero-order valence-electron chi connectivity index (χ0n) is 15.9. The van der Waals surface area contributed by atoms with Crippen molar-refractivity contribution >= 4 is 23.5 Å². The van der Waals surface area contributed by atoms with Gasteiger partial charge in [0, 0.05) is 31.7 Å². The van der Waals surface area contributed by atoms with E-state index < -0.39 is 12.0 Å². The summed E-state index contributed by atoms with van der Waals surface area (Å²) in [6.45, 7) is 3.10. The van der Waals surface area contributed by atoms with E-state index in [0.717, 1.165) is 44.6 Å². The number of hydrogen-bond donors (Lipinski definition) is 4. The third-order valence-corrected chi connectivity index (χ3v) is 5.28. The van der Waals surface area contributed by atoms with Gasteiger partial charge in [-0.05, 0) is 49.9 Å². The summed E-state index contributed by atoms with van der Waals surface area (Å²) in [7, 11) is 0. The van der Waals surface area contributed by atoms with Gasteiger partial charge in [0.25, 0.3) is 0 Å². The number of carboxylic acids is 1. The summed E-state index contributed by atoms with van der Waals surface area (Å²) in [6, 6.07) is 7.22. The molecule has 1 unspecified atom stereocenters. The molecule has 2 saturated heterocycles. The van der Waals surface area contributed by atoms with Crippen molar-refractivity contribution in [2.24, 2.45) is 0 Å². The van der Waals surface area contributed by atoms with Crippen molar-refractivity contribution in [3.05, 3.63) is 29.8 Å². The van der Waals surface area contributed by atoms with Crippen LogP contribution in [0.1, 0.15) is 31.2 Å². The fourth-order valence-corrected chi connectivity index (χ4v) is 3.64. The first-order chi connectivity index (χ1) is 13.5. The van der Waals surface area contributed by atoms with Crippen molar-refractivity contribution in [2.75, 3.05) is 31.5 Å². The molecule has 0 aliphatic carbocycles. The predicted octanol–water partition coefficient (Wildman–Crippen LogP) is 0.585. The second-order valence-electron chi connectivity index (χ2n) is 7.45. The van der Waals surface area contributed by atoms with Crippen LogP contribution in [0.25, 0.3) is 0 Å². The highest BCUT2D eigenvalue weighted by Gasteiger charge is 2.26. The highest BCUT2D eigenvalue weighted by atomic mass is 16.4. The second kappa shape index (κ2) is 9.66. The molecule has 0 radical (unpaired) electrons. The van der Waals surface area contributed by atoms with Crippen molar-refractivity contribution in [3.63, 3.8) is 0 Å². The summed E-state index contributed by atoms with van der Waals surface area (Å²) < 4.78 is 0. The van der Waals surface area contributed by atoms with Gasteiger partial charge in [0.1, 0.15) is 12.1 Å². The minimum Gasteiger partial charge on any atom is -0.480 e. The zero-order valence-corrected chi connectivity index (χ0v) is 15.9. The number of hydrogen-bond acceptors (Lipinski definition) is 6. The molecule has 2 heterocycles. The Morgan fingerprint density at radius 2 is 2.00 bits per heavy atom. The number of piperazine rings is 1. The van der Waals surface area contributed by atoms with Gasteiger partial charge in [-0.2, -0.15) is 0 Å². The first-order valence-corrected chi connectivity index (χ1v) is 9.89. The molecule has 8 nitrogen and oxygen atoms in total. The molecule has 8 heteroatoms. The maximum atomic E-state index is 11.8. The van der Waals surface area contributed by atoms with Crippen LogP contribution in [0.15, 0.2) is 24.3 Å². The number of aliphatic carboxylic acids is 1. The Balaban J connectivity index is 1.37. The minimum absolute atomic E-state index is 0.210. The van der Waals surface area contributed by atoms with Crippen LogP contribution in [-0.2, 0) is 20.8 Å². The highest BCUT2D eigenvalue weighted by Crippen LogP contribution is 2.16. The van der Waals surface area contributed by atoms with Crippen LogP contribution in [0.5, 0.6) is 0 Å². The quantitative estimate of drug-likeness (QED) is 0.381. The molecule has 0 bridgehead atoms. The van der Waals surface area contributed by atoms with Crippen LogP contribution in [0.4, 0.5) is 5.69 Å². The number of amides is 2. The predicted molar refractivity (Wildman–Crippen MR) is 105 cm³/mol. The standard InChI is InChI=1S/C20H28N4O4/c25-18-9-8-16(19(26)23-18)22-15-6-4-14(5-7-15)3-1-2-11-24-12-10-21-17(13-24)20(27)28/h4-7,16-17,21-22H,1-3,8-13H2,(H,27,28)(H,23,25,26)/t16?,17-/m1/s1. The molecule has 0 saturated carbocycles. The number of anilines is 1. The number of nitrogens with one attached hydrogen (secondary N) is 3. The number of carbonyl (C=O) groups excluding carboxylic acids is 2. The lowest BCUT2D eigenvalue weighted by molar-refractivity contribution is -0.140. The van der Waals surface area contributed by atoms with Crippen LogP contribution in [0, 0.1) is 0 Å². The molecule has 1 aromatic carbocycles. The molecule has 3 rings (SSSR count). The number of aryl methyl sites for hydroxylation is 1. The average molecular weight is 388 g/mol. The monoisotopic (exact) mass is 388 g/mol. The first-order valence-electron chi connectivity index (χ1n) is 9.89. The largest absolute Gasteiger partial charge is 0.480 e. The Morgan fingerprint density at radius 1 is 1.21 bits per heavy atom. The number of imide groups is 1. The third-order valence-electron chi connectivity index (χ3n) is 5.28. The van der Waals surface area contributed by atoms with Gasteiger partial charge in [-0.1, -0.05) is 12.1 Å². The fourth-order valence-electron chi connectivity index (χ4n) is 3.64. The Kier molecular flexibility index (Phi) is 7.00. The molecule has 152 valence electrons. The second-order valence-corrected chi connectivity index (χ2v) is 7.45. The van der Waals surface area contributed by atoms with Crippen molar-refractivity contribution in [1.82, 2.24) is 15.5 Å². The molecule has 2 aliphatic heterocycles. The Morgan fingerprint density at radius 3 is 2.71 bits per heavy atom. The third kappa shape index (κ3) is 5.77. The van der Waals surface area contributed by atoms with Gasteiger partial charge in [-0.15, -0.1) is 0 Å². The van der Waals surface area contributed by atoms with E-state index in [9.17, 15) is 14.4 Å². The van der Waals surface area contributed by atoms with Crippen molar-refractivity contribution in [2.45, 2.75) is 44.2 Å². The smallest absolute Gasteiger partial charge is 0.322 e. The van der Waals surface area contributed by atoms with E-state index >= 15 is 0 Å². The molecular weight excluding hydrogens is 360 g/mol. The molecule has 1 aromatic rings. The summed E-state index contributed by atoms with van der Waals surface area (Å²) in [5.74, 6) is -1.26. The van der Waals surface area contributed by atoms with Gasteiger partial charge < -0.3 is 15.7 Å².